The van der Waals surface area contributed by atoms with Crippen LogP contribution in [0.1, 0.15) is 24.5 Å². The number of hydrogen-bond donors (Lipinski definition) is 1. The Morgan fingerprint density at radius 1 is 1.12 bits per heavy atom. The molecule has 0 unspecified atom stereocenters. The van der Waals surface area contributed by atoms with Crippen molar-refractivity contribution in [3.8, 4) is 5.75 Å². The van der Waals surface area contributed by atoms with Crippen LogP contribution < -0.4 is 14.4 Å². The number of amides is 2. The lowest BCUT2D eigenvalue weighted by Gasteiger charge is -2.33. The Morgan fingerprint density at radius 3 is 2.38 bits per heavy atom. The van der Waals surface area contributed by atoms with Crippen LogP contribution in [0.15, 0.2) is 48.5 Å². The molecule has 0 bridgehead atoms. The molecule has 1 N–H and O–H groups in total. The van der Waals surface area contributed by atoms with Gasteiger partial charge in [0.05, 0.1) is 19.1 Å². The SMILES string of the molecule is CC[C@@H](C(=O)NC)N(Cc1ccccc1C)C(=O)CN(c1cccc(OC)c1)S(C)(=O)=O. The molecular formula is C23H31N3O5S. The molecule has 0 heterocycles. The van der Waals surface area contributed by atoms with Crippen LogP contribution in [0, 0.1) is 6.92 Å². The third-order valence-electron chi connectivity index (χ3n) is 5.25. The molecule has 174 valence electrons. The van der Waals surface area contributed by atoms with Gasteiger partial charge >= 0.3 is 0 Å². The molecule has 0 saturated carbocycles. The predicted octanol–water partition coefficient (Wildman–Crippen LogP) is 2.32. The smallest absolute Gasteiger partial charge is 0.244 e. The number of aryl methyl sites for hydroxylation is 1. The molecular weight excluding hydrogens is 430 g/mol. The minimum Gasteiger partial charge on any atom is -0.497 e. The van der Waals surface area contributed by atoms with Crippen molar-refractivity contribution in [1.29, 1.82) is 0 Å². The fourth-order valence-electron chi connectivity index (χ4n) is 3.44. The number of methoxy groups -OCH3 is 1. The molecule has 0 aliphatic heterocycles. The number of benzene rings is 2. The summed E-state index contributed by atoms with van der Waals surface area (Å²) < 4.78 is 31.4. The van der Waals surface area contributed by atoms with E-state index >= 15 is 0 Å². The average molecular weight is 462 g/mol. The van der Waals surface area contributed by atoms with Gasteiger partial charge in [-0.1, -0.05) is 37.3 Å². The number of likely N-dealkylation sites (N-methyl/N-ethyl adjacent to an activating group) is 1. The lowest BCUT2D eigenvalue weighted by atomic mass is 10.1. The van der Waals surface area contributed by atoms with Gasteiger partial charge in [-0.2, -0.15) is 0 Å². The van der Waals surface area contributed by atoms with Crippen molar-refractivity contribution in [3.63, 3.8) is 0 Å². The lowest BCUT2D eigenvalue weighted by molar-refractivity contribution is -0.140. The van der Waals surface area contributed by atoms with Gasteiger partial charge in [-0.25, -0.2) is 8.42 Å². The minimum atomic E-state index is -3.78. The summed E-state index contributed by atoms with van der Waals surface area (Å²) in [6.45, 7) is 3.49. The maximum Gasteiger partial charge on any atom is 0.244 e. The second-order valence-corrected chi connectivity index (χ2v) is 9.36. The first-order valence-corrected chi connectivity index (χ1v) is 12.1. The second kappa shape index (κ2) is 11.0. The van der Waals surface area contributed by atoms with E-state index in [9.17, 15) is 18.0 Å². The molecule has 2 aromatic rings. The Kier molecular flexibility index (Phi) is 8.65. The molecule has 2 amide bonds. The zero-order valence-electron chi connectivity index (χ0n) is 19.2. The maximum atomic E-state index is 13.5. The molecule has 2 aromatic carbocycles. The van der Waals surface area contributed by atoms with Gasteiger partial charge in [-0.15, -0.1) is 0 Å². The van der Waals surface area contributed by atoms with E-state index in [1.807, 2.05) is 38.1 Å². The molecule has 9 heteroatoms. The molecule has 0 spiro atoms. The first-order chi connectivity index (χ1) is 15.1. The number of carbonyl (C=O) groups excluding carboxylic acids is 2. The molecule has 2 rings (SSSR count). The van der Waals surface area contributed by atoms with E-state index < -0.39 is 28.5 Å². The van der Waals surface area contributed by atoms with E-state index in [1.54, 1.807) is 24.3 Å². The van der Waals surface area contributed by atoms with Gasteiger partial charge in [-0.05, 0) is 36.6 Å². The van der Waals surface area contributed by atoms with Crippen LogP contribution in [0.5, 0.6) is 5.75 Å². The summed E-state index contributed by atoms with van der Waals surface area (Å²) in [7, 11) is -0.786. The van der Waals surface area contributed by atoms with Gasteiger partial charge in [0.1, 0.15) is 18.3 Å². The van der Waals surface area contributed by atoms with Crippen molar-refractivity contribution in [2.45, 2.75) is 32.9 Å². The molecule has 0 aliphatic rings. The van der Waals surface area contributed by atoms with Crippen molar-refractivity contribution in [1.82, 2.24) is 10.2 Å². The Hall–Kier alpha value is -3.07. The number of sulfonamides is 1. The number of hydrogen-bond acceptors (Lipinski definition) is 5. The average Bonchev–Trinajstić information content (AvgIpc) is 2.77. The Balaban J connectivity index is 2.45. The first kappa shape index (κ1) is 25.2. The number of nitrogens with one attached hydrogen (secondary N) is 1. The van der Waals surface area contributed by atoms with Crippen LogP contribution in [0.4, 0.5) is 5.69 Å². The Morgan fingerprint density at radius 2 is 1.81 bits per heavy atom. The maximum absolute atomic E-state index is 13.5. The van der Waals surface area contributed by atoms with Crippen molar-refractivity contribution >= 4 is 27.5 Å². The summed E-state index contributed by atoms with van der Waals surface area (Å²) in [6.07, 6.45) is 1.43. The van der Waals surface area contributed by atoms with Gasteiger partial charge < -0.3 is 15.0 Å². The number of rotatable bonds is 10. The molecule has 0 saturated heterocycles. The quantitative estimate of drug-likeness (QED) is 0.586. The Bertz CT molecular complexity index is 1060. The van der Waals surface area contributed by atoms with Gasteiger partial charge in [0, 0.05) is 19.7 Å². The summed E-state index contributed by atoms with van der Waals surface area (Å²) in [4.78, 5) is 27.5. The number of carbonyl (C=O) groups is 2. The van der Waals surface area contributed by atoms with Gasteiger partial charge in [0.2, 0.25) is 21.8 Å². The molecule has 1 atom stereocenters. The number of nitrogens with zero attached hydrogens (tertiary/aromatic N) is 2. The second-order valence-electron chi connectivity index (χ2n) is 7.46. The largest absolute Gasteiger partial charge is 0.497 e. The number of anilines is 1. The Labute approximate surface area is 190 Å². The summed E-state index contributed by atoms with van der Waals surface area (Å²) in [5.41, 5.74) is 2.17. The summed E-state index contributed by atoms with van der Waals surface area (Å²) in [5, 5.41) is 2.60. The number of ether oxygens (including phenoxy) is 1. The molecule has 0 aliphatic carbocycles. The van der Waals surface area contributed by atoms with Crippen molar-refractivity contribution in [3.05, 3.63) is 59.7 Å². The highest BCUT2D eigenvalue weighted by Gasteiger charge is 2.31. The van der Waals surface area contributed by atoms with Gasteiger partial charge in [-0.3, -0.25) is 13.9 Å². The summed E-state index contributed by atoms with van der Waals surface area (Å²) in [5.74, 6) is -0.309. The van der Waals surface area contributed by atoms with Crippen molar-refractivity contribution in [2.75, 3.05) is 31.3 Å². The van der Waals surface area contributed by atoms with Gasteiger partial charge in [0.15, 0.2) is 0 Å². The van der Waals surface area contributed by atoms with E-state index in [0.29, 0.717) is 17.9 Å². The highest BCUT2D eigenvalue weighted by molar-refractivity contribution is 7.92. The standard InChI is InChI=1S/C23H31N3O5S/c1-6-21(23(28)24-3)25(15-18-11-8-7-10-17(18)2)22(27)16-26(32(5,29)30)19-12-9-13-20(14-19)31-4/h7-14,21H,6,15-16H2,1-5H3,(H,24,28)/t21-/m0/s1. The van der Waals surface area contributed by atoms with E-state index in [0.717, 1.165) is 21.7 Å². The van der Waals surface area contributed by atoms with Gasteiger partial charge in [0.25, 0.3) is 0 Å². The zero-order valence-corrected chi connectivity index (χ0v) is 20.0. The van der Waals surface area contributed by atoms with Crippen molar-refractivity contribution < 1.29 is 22.7 Å². The minimum absolute atomic E-state index is 0.188. The molecule has 0 radical (unpaired) electrons. The monoisotopic (exact) mass is 461 g/mol. The van der Waals surface area contributed by atoms with Crippen LogP contribution in [-0.4, -0.2) is 58.1 Å². The van der Waals surface area contributed by atoms with Crippen molar-refractivity contribution in [2.24, 2.45) is 0 Å². The van der Waals surface area contributed by atoms with E-state index in [4.69, 9.17) is 4.74 Å². The highest BCUT2D eigenvalue weighted by Crippen LogP contribution is 2.24. The zero-order chi connectivity index (χ0) is 23.9. The third-order valence-corrected chi connectivity index (χ3v) is 6.40. The van der Waals surface area contributed by atoms with E-state index in [1.165, 1.54) is 19.1 Å². The van der Waals surface area contributed by atoms with E-state index in [-0.39, 0.29) is 12.5 Å². The molecule has 32 heavy (non-hydrogen) atoms. The predicted molar refractivity (Wildman–Crippen MR) is 125 cm³/mol. The third kappa shape index (κ3) is 6.23. The van der Waals surface area contributed by atoms with Crippen LogP contribution in [0.2, 0.25) is 0 Å². The fourth-order valence-corrected chi connectivity index (χ4v) is 4.28. The van der Waals surface area contributed by atoms with E-state index in [2.05, 4.69) is 5.32 Å². The first-order valence-electron chi connectivity index (χ1n) is 10.3. The topological polar surface area (TPSA) is 96.0 Å². The molecule has 0 aromatic heterocycles. The molecule has 0 fully saturated rings. The summed E-state index contributed by atoms with van der Waals surface area (Å²) in [6, 6.07) is 13.3. The van der Waals surface area contributed by atoms with Crippen LogP contribution in [-0.2, 0) is 26.2 Å². The highest BCUT2D eigenvalue weighted by atomic mass is 32.2. The van der Waals surface area contributed by atoms with Crippen LogP contribution >= 0.6 is 0 Å². The fraction of sp³-hybridized carbons (Fsp3) is 0.391. The normalized spacial score (nSPS) is 12.0. The lowest BCUT2D eigenvalue weighted by Crippen LogP contribution is -2.51. The van der Waals surface area contributed by atoms with Crippen LogP contribution in [0.3, 0.4) is 0 Å². The van der Waals surface area contributed by atoms with Crippen LogP contribution in [0.25, 0.3) is 0 Å². The summed E-state index contributed by atoms with van der Waals surface area (Å²) >= 11 is 0. The molecule has 8 nitrogen and oxygen atoms in total.